The van der Waals surface area contributed by atoms with Crippen LogP contribution in [0, 0.1) is 11.2 Å². The quantitative estimate of drug-likeness (QED) is 0.682. The number of hydrogen-bond acceptors (Lipinski definition) is 6. The summed E-state index contributed by atoms with van der Waals surface area (Å²) >= 11 is 0. The van der Waals surface area contributed by atoms with Crippen LogP contribution >= 0.6 is 0 Å². The fraction of sp³-hybridized carbons (Fsp3) is 0.316. The average molecular weight is 420 g/mol. The van der Waals surface area contributed by atoms with Crippen molar-refractivity contribution in [1.29, 1.82) is 5.41 Å². The van der Waals surface area contributed by atoms with E-state index in [-0.39, 0.29) is 35.0 Å². The van der Waals surface area contributed by atoms with Crippen molar-refractivity contribution < 1.29 is 22.3 Å². The summed E-state index contributed by atoms with van der Waals surface area (Å²) in [6.07, 6.45) is 1.67. The average Bonchev–Trinajstić information content (AvgIpc) is 2.68. The van der Waals surface area contributed by atoms with Crippen molar-refractivity contribution in [2.45, 2.75) is 24.6 Å². The van der Waals surface area contributed by atoms with Crippen molar-refractivity contribution >= 4 is 27.3 Å². The van der Waals surface area contributed by atoms with Gasteiger partial charge in [-0.3, -0.25) is 10.2 Å². The molecular formula is C19H21FN4O4S. The Labute approximate surface area is 167 Å². The molecule has 1 fully saturated rings. The number of nitrogens with one attached hydrogen (secondary N) is 3. The Morgan fingerprint density at radius 2 is 2.14 bits per heavy atom. The predicted octanol–water partition coefficient (Wildman–Crippen LogP) is 2.30. The van der Waals surface area contributed by atoms with Crippen LogP contribution in [-0.4, -0.2) is 43.3 Å². The molecule has 1 aliphatic rings. The van der Waals surface area contributed by atoms with Gasteiger partial charge >= 0.3 is 0 Å². The molecule has 1 amide bonds. The highest BCUT2D eigenvalue weighted by atomic mass is 32.2. The molecule has 2 heterocycles. The van der Waals surface area contributed by atoms with Crippen molar-refractivity contribution in [2.24, 2.45) is 0 Å². The molecule has 3 rings (SSSR count). The number of rotatable bonds is 5. The Balaban J connectivity index is 1.83. The highest BCUT2D eigenvalue weighted by Gasteiger charge is 2.38. The van der Waals surface area contributed by atoms with Gasteiger partial charge in [0.05, 0.1) is 25.1 Å². The number of methoxy groups -OCH3 is 1. The summed E-state index contributed by atoms with van der Waals surface area (Å²) in [6, 6.07) is 6.05. The van der Waals surface area contributed by atoms with Gasteiger partial charge in [0.1, 0.15) is 28.3 Å². The Morgan fingerprint density at radius 3 is 2.72 bits per heavy atom. The number of benzene rings is 1. The minimum absolute atomic E-state index is 0.0633. The molecule has 0 saturated carbocycles. The zero-order chi connectivity index (χ0) is 21.2. The maximum atomic E-state index is 14.4. The molecule has 0 spiro atoms. The summed E-state index contributed by atoms with van der Waals surface area (Å²) in [7, 11) is -2.10. The standard InChI is InChI=1S/C19H21FN4O4S/c1-3-17-18(21)24-16(10-29(17,26)27)13-8-11(4-6-14(13)20)23-19(25)15-7-5-12(28-2)9-22-15/h4-9,16-17H,3,10H2,1-2H3,(H2,21,24)(H,23,25). The van der Waals surface area contributed by atoms with Gasteiger partial charge in [0.25, 0.3) is 5.91 Å². The number of hydrogen-bond donors (Lipinski definition) is 3. The lowest BCUT2D eigenvalue weighted by Crippen LogP contribution is -2.50. The minimum atomic E-state index is -3.59. The SMILES string of the molecule is CCC1C(=N)NC(c2cc(NC(=O)c3ccc(OC)cn3)ccc2F)CS1(=O)=O. The van der Waals surface area contributed by atoms with Gasteiger partial charge in [-0.2, -0.15) is 0 Å². The number of anilines is 1. The van der Waals surface area contributed by atoms with Crippen molar-refractivity contribution in [3.05, 3.63) is 53.6 Å². The van der Waals surface area contributed by atoms with E-state index in [1.54, 1.807) is 13.0 Å². The van der Waals surface area contributed by atoms with Gasteiger partial charge in [-0.1, -0.05) is 6.92 Å². The molecule has 2 unspecified atom stereocenters. The maximum absolute atomic E-state index is 14.4. The fourth-order valence-corrected chi connectivity index (χ4v) is 5.09. The first kappa shape index (κ1) is 20.7. The minimum Gasteiger partial charge on any atom is -0.495 e. The number of carbonyl (C=O) groups excluding carboxylic acids is 1. The van der Waals surface area contributed by atoms with Crippen molar-refractivity contribution in [2.75, 3.05) is 18.2 Å². The second-order valence-corrected chi connectivity index (χ2v) is 8.84. The number of ether oxygens (including phenoxy) is 1. The first-order valence-corrected chi connectivity index (χ1v) is 10.6. The zero-order valence-corrected chi connectivity index (χ0v) is 16.7. The van der Waals surface area contributed by atoms with E-state index in [2.05, 4.69) is 15.6 Å². The number of carbonyl (C=O) groups is 1. The first-order chi connectivity index (χ1) is 13.7. The summed E-state index contributed by atoms with van der Waals surface area (Å²) in [5.74, 6) is -1.11. The smallest absolute Gasteiger partial charge is 0.274 e. The summed E-state index contributed by atoms with van der Waals surface area (Å²) in [5, 5.41) is 12.4. The normalized spacial score (nSPS) is 20.6. The Bertz CT molecular complexity index is 1040. The van der Waals surface area contributed by atoms with Crippen LogP contribution < -0.4 is 15.4 Å². The molecule has 1 aromatic carbocycles. The van der Waals surface area contributed by atoms with E-state index in [0.29, 0.717) is 5.75 Å². The number of halogens is 1. The largest absolute Gasteiger partial charge is 0.495 e. The van der Waals surface area contributed by atoms with Crippen LogP contribution in [-0.2, 0) is 9.84 Å². The zero-order valence-electron chi connectivity index (χ0n) is 15.9. The molecule has 1 aromatic heterocycles. The van der Waals surface area contributed by atoms with Crippen LogP contribution in [0.5, 0.6) is 5.75 Å². The first-order valence-electron chi connectivity index (χ1n) is 8.92. The number of nitrogens with zero attached hydrogens (tertiary/aromatic N) is 1. The lowest BCUT2D eigenvalue weighted by molar-refractivity contribution is 0.102. The number of pyridine rings is 1. The van der Waals surface area contributed by atoms with Gasteiger partial charge in [0.15, 0.2) is 9.84 Å². The van der Waals surface area contributed by atoms with Gasteiger partial charge < -0.3 is 15.4 Å². The van der Waals surface area contributed by atoms with Gasteiger partial charge in [-0.15, -0.1) is 0 Å². The van der Waals surface area contributed by atoms with Crippen LogP contribution in [0.15, 0.2) is 36.5 Å². The number of amidine groups is 1. The van der Waals surface area contributed by atoms with Crippen molar-refractivity contribution in [1.82, 2.24) is 10.3 Å². The monoisotopic (exact) mass is 420 g/mol. The van der Waals surface area contributed by atoms with Crippen LogP contribution in [0.1, 0.15) is 35.4 Å². The number of aromatic nitrogens is 1. The van der Waals surface area contributed by atoms with E-state index in [4.69, 9.17) is 10.1 Å². The van der Waals surface area contributed by atoms with Crippen molar-refractivity contribution in [3.63, 3.8) is 0 Å². The van der Waals surface area contributed by atoms with E-state index in [0.717, 1.165) is 6.07 Å². The van der Waals surface area contributed by atoms with E-state index in [1.807, 2.05) is 0 Å². The van der Waals surface area contributed by atoms with E-state index < -0.39 is 32.9 Å². The maximum Gasteiger partial charge on any atom is 0.274 e. The molecule has 154 valence electrons. The molecule has 2 aromatic rings. The summed E-state index contributed by atoms with van der Waals surface area (Å²) in [4.78, 5) is 16.4. The van der Waals surface area contributed by atoms with Crippen LogP contribution in [0.3, 0.4) is 0 Å². The van der Waals surface area contributed by atoms with E-state index in [9.17, 15) is 17.6 Å². The van der Waals surface area contributed by atoms with E-state index >= 15 is 0 Å². The number of sulfone groups is 1. The molecule has 29 heavy (non-hydrogen) atoms. The van der Waals surface area contributed by atoms with Gasteiger partial charge in [0.2, 0.25) is 0 Å². The highest BCUT2D eigenvalue weighted by Crippen LogP contribution is 2.28. The lowest BCUT2D eigenvalue weighted by Gasteiger charge is -2.31. The molecular weight excluding hydrogens is 399 g/mol. The third-order valence-corrected chi connectivity index (χ3v) is 6.92. The van der Waals surface area contributed by atoms with Crippen molar-refractivity contribution in [3.8, 4) is 5.75 Å². The van der Waals surface area contributed by atoms with Crippen LogP contribution in [0.25, 0.3) is 0 Å². The second-order valence-electron chi connectivity index (χ2n) is 6.61. The molecule has 0 radical (unpaired) electrons. The topological polar surface area (TPSA) is 121 Å². The van der Waals surface area contributed by atoms with Gasteiger partial charge in [-0.05, 0) is 36.8 Å². The molecule has 3 N–H and O–H groups in total. The Kier molecular flexibility index (Phi) is 5.83. The lowest BCUT2D eigenvalue weighted by atomic mass is 10.1. The van der Waals surface area contributed by atoms with E-state index in [1.165, 1.54) is 31.5 Å². The van der Waals surface area contributed by atoms with Crippen LogP contribution in [0.4, 0.5) is 10.1 Å². The summed E-state index contributed by atoms with van der Waals surface area (Å²) < 4.78 is 44.3. The van der Waals surface area contributed by atoms with Gasteiger partial charge in [0, 0.05) is 11.3 Å². The highest BCUT2D eigenvalue weighted by molar-refractivity contribution is 7.92. The molecule has 0 bridgehead atoms. The molecule has 10 heteroatoms. The molecule has 1 saturated heterocycles. The molecule has 1 aliphatic heterocycles. The third kappa shape index (κ3) is 4.37. The summed E-state index contributed by atoms with van der Waals surface area (Å²) in [5.41, 5.74) is 0.489. The summed E-state index contributed by atoms with van der Waals surface area (Å²) in [6.45, 7) is 1.68. The Hall–Kier alpha value is -3.01. The fourth-order valence-electron chi connectivity index (χ4n) is 3.19. The van der Waals surface area contributed by atoms with Gasteiger partial charge in [-0.25, -0.2) is 17.8 Å². The molecule has 8 nitrogen and oxygen atoms in total. The molecule has 0 aliphatic carbocycles. The number of amides is 1. The molecule has 2 atom stereocenters. The Morgan fingerprint density at radius 1 is 1.38 bits per heavy atom. The van der Waals surface area contributed by atoms with Crippen LogP contribution in [0.2, 0.25) is 0 Å². The second kappa shape index (κ2) is 8.16. The predicted molar refractivity (Wildman–Crippen MR) is 107 cm³/mol. The third-order valence-electron chi connectivity index (χ3n) is 4.69.